The molecule has 1 spiro atoms. The summed E-state index contributed by atoms with van der Waals surface area (Å²) in [5.41, 5.74) is 3.02. The van der Waals surface area contributed by atoms with E-state index in [0.29, 0.717) is 0 Å². The Bertz CT molecular complexity index is 1060. The number of nitrogens with one attached hydrogen (secondary N) is 1. The molecule has 9 heteroatoms. The number of rotatable bonds is 3. The molecule has 2 aliphatic rings. The third kappa shape index (κ3) is 3.28. The Labute approximate surface area is 193 Å². The van der Waals surface area contributed by atoms with Crippen molar-refractivity contribution in [3.8, 4) is 0 Å². The summed E-state index contributed by atoms with van der Waals surface area (Å²) in [6, 6.07) is 4.24. The third-order valence-corrected chi connectivity index (χ3v) is 9.07. The van der Waals surface area contributed by atoms with E-state index >= 15 is 0 Å². The maximum absolute atomic E-state index is 12.8. The van der Waals surface area contributed by atoms with E-state index in [1.54, 1.807) is 0 Å². The normalized spacial score (nSPS) is 25.7. The van der Waals surface area contributed by atoms with E-state index in [1.165, 1.54) is 0 Å². The minimum Gasteiger partial charge on any atom is -0.598 e. The van der Waals surface area contributed by atoms with Crippen molar-refractivity contribution in [1.29, 1.82) is 0 Å². The zero-order valence-electron chi connectivity index (χ0n) is 17.8. The zero-order chi connectivity index (χ0) is 21.3. The summed E-state index contributed by atoms with van der Waals surface area (Å²) >= 11 is 1.22. The van der Waals surface area contributed by atoms with Crippen LogP contribution in [0.15, 0.2) is 18.3 Å². The Morgan fingerprint density at radius 1 is 1.30 bits per heavy atom. The third-order valence-electron chi connectivity index (χ3n) is 6.64. The lowest BCUT2D eigenvalue weighted by Gasteiger charge is -2.43. The average Bonchev–Trinajstić information content (AvgIpc) is 3.37. The van der Waals surface area contributed by atoms with Crippen molar-refractivity contribution in [2.75, 3.05) is 24.6 Å². The van der Waals surface area contributed by atoms with Gasteiger partial charge in [0.1, 0.15) is 15.9 Å². The van der Waals surface area contributed by atoms with Gasteiger partial charge in [-0.2, -0.15) is 0 Å². The molecule has 3 aromatic rings. The second kappa shape index (κ2) is 7.33. The lowest BCUT2D eigenvalue weighted by atomic mass is 9.73. The second-order valence-electron chi connectivity index (χ2n) is 9.62. The molecule has 1 unspecified atom stereocenters. The molecule has 0 aliphatic carbocycles. The number of pyridine rings is 1. The number of anilines is 1. The van der Waals surface area contributed by atoms with Crippen LogP contribution < -0.4 is 9.62 Å². The van der Waals surface area contributed by atoms with Gasteiger partial charge in [0.2, 0.25) is 0 Å². The predicted octanol–water partition coefficient (Wildman–Crippen LogP) is 3.35. The van der Waals surface area contributed by atoms with Crippen molar-refractivity contribution < 1.29 is 9.29 Å². The summed E-state index contributed by atoms with van der Waals surface area (Å²) in [5.74, 6) is 1.02. The molecule has 3 aromatic heterocycles. The largest absolute Gasteiger partial charge is 0.598 e. The molecule has 7 nitrogen and oxygen atoms in total. The molecule has 162 valence electrons. The van der Waals surface area contributed by atoms with Gasteiger partial charge in [0.15, 0.2) is 11.5 Å². The number of hydrogen-bond donors (Lipinski definition) is 1. The summed E-state index contributed by atoms with van der Waals surface area (Å²) in [6.07, 6.45) is 3.98. The van der Waals surface area contributed by atoms with Crippen LogP contribution in [0.5, 0.6) is 0 Å². The zero-order valence-corrected chi connectivity index (χ0v) is 20.8. The quantitative estimate of drug-likeness (QED) is 0.405. The van der Waals surface area contributed by atoms with Crippen LogP contribution in [0.4, 0.5) is 5.82 Å². The SMILES string of the molecule is C[C@@H]1OCC2(CCN(c3nc4ccc(I)c5ncc3n45)CC2)[C@@H]1N[S+]([O-])C(C)(C)C. The van der Waals surface area contributed by atoms with E-state index in [0.717, 1.165) is 58.7 Å². The molecule has 2 fully saturated rings. The van der Waals surface area contributed by atoms with Crippen molar-refractivity contribution in [3.05, 3.63) is 21.9 Å². The molecular weight excluding hydrogens is 513 g/mol. The highest BCUT2D eigenvalue weighted by atomic mass is 127. The molecular formula is C21H28IN5O2S. The fraction of sp³-hybridized carbons (Fsp3) is 0.619. The second-order valence-corrected chi connectivity index (χ2v) is 12.8. The standard InChI is InChI=1S/C21H28IN5O2S/c1-13-17(25-30(28)20(2,3)4)21(12-29-13)7-9-26(10-8-21)19-15-11-23-18-14(22)5-6-16(24-19)27(15)18/h5-6,11,13,17,25H,7-10,12H2,1-4H3/t13-,17+,30?/m0/s1. The Morgan fingerprint density at radius 3 is 2.73 bits per heavy atom. The summed E-state index contributed by atoms with van der Waals surface area (Å²) in [6.45, 7) is 10.7. The first-order chi connectivity index (χ1) is 14.2. The van der Waals surface area contributed by atoms with Gasteiger partial charge >= 0.3 is 0 Å². The first kappa shape index (κ1) is 21.0. The van der Waals surface area contributed by atoms with Crippen LogP contribution in [0.1, 0.15) is 40.5 Å². The van der Waals surface area contributed by atoms with Crippen LogP contribution in [-0.2, 0) is 16.1 Å². The Kier molecular flexibility index (Phi) is 5.13. The van der Waals surface area contributed by atoms with Gasteiger partial charge in [0.05, 0.1) is 28.5 Å². The van der Waals surface area contributed by atoms with Gasteiger partial charge in [-0.1, -0.05) is 0 Å². The molecule has 1 N–H and O–H groups in total. The van der Waals surface area contributed by atoms with Gasteiger partial charge in [-0.25, -0.2) is 9.97 Å². The van der Waals surface area contributed by atoms with Crippen molar-refractivity contribution in [1.82, 2.24) is 19.1 Å². The number of piperidine rings is 1. The Balaban J connectivity index is 1.38. The highest BCUT2D eigenvalue weighted by Crippen LogP contribution is 2.44. The van der Waals surface area contributed by atoms with E-state index < -0.39 is 11.4 Å². The van der Waals surface area contributed by atoms with Crippen molar-refractivity contribution in [3.63, 3.8) is 0 Å². The fourth-order valence-corrected chi connectivity index (χ4v) is 6.39. The summed E-state index contributed by atoms with van der Waals surface area (Å²) in [5, 5.41) is 0. The summed E-state index contributed by atoms with van der Waals surface area (Å²) < 4.78 is 25.3. The number of hydrogen-bond acceptors (Lipinski definition) is 6. The van der Waals surface area contributed by atoms with Gasteiger partial charge in [-0.3, -0.25) is 4.40 Å². The molecule has 0 aromatic carbocycles. The van der Waals surface area contributed by atoms with E-state index in [9.17, 15) is 4.55 Å². The van der Waals surface area contributed by atoms with Gasteiger partial charge < -0.3 is 14.2 Å². The minimum atomic E-state index is -1.11. The van der Waals surface area contributed by atoms with E-state index in [-0.39, 0.29) is 22.3 Å². The molecule has 0 radical (unpaired) electrons. The average molecular weight is 541 g/mol. The molecule has 0 saturated carbocycles. The van der Waals surface area contributed by atoms with Crippen LogP contribution in [0, 0.1) is 8.99 Å². The molecule has 5 heterocycles. The van der Waals surface area contributed by atoms with E-state index in [1.807, 2.05) is 27.0 Å². The highest BCUT2D eigenvalue weighted by molar-refractivity contribution is 14.1. The summed E-state index contributed by atoms with van der Waals surface area (Å²) in [7, 11) is 0. The highest BCUT2D eigenvalue weighted by Gasteiger charge is 2.52. The molecule has 0 amide bonds. The summed E-state index contributed by atoms with van der Waals surface area (Å²) in [4.78, 5) is 11.9. The van der Waals surface area contributed by atoms with Crippen molar-refractivity contribution in [2.45, 2.75) is 57.4 Å². The Hall–Kier alpha value is -0.880. The van der Waals surface area contributed by atoms with Crippen molar-refractivity contribution >= 4 is 56.6 Å². The number of aromatic nitrogens is 3. The van der Waals surface area contributed by atoms with Crippen LogP contribution in [0.2, 0.25) is 0 Å². The predicted molar refractivity (Wildman–Crippen MR) is 129 cm³/mol. The van der Waals surface area contributed by atoms with E-state index in [2.05, 4.69) is 60.7 Å². The molecule has 30 heavy (non-hydrogen) atoms. The molecule has 5 rings (SSSR count). The lowest BCUT2D eigenvalue weighted by Crippen LogP contribution is -2.56. The fourth-order valence-electron chi connectivity index (χ4n) is 4.81. The lowest BCUT2D eigenvalue weighted by molar-refractivity contribution is 0.0973. The van der Waals surface area contributed by atoms with Gasteiger partial charge in [0.25, 0.3) is 0 Å². The minimum absolute atomic E-state index is 0.0188. The van der Waals surface area contributed by atoms with Crippen LogP contribution in [-0.4, -0.2) is 55.5 Å². The molecule has 2 aliphatic heterocycles. The molecule has 3 atom stereocenters. The van der Waals surface area contributed by atoms with Crippen molar-refractivity contribution in [2.24, 2.45) is 5.41 Å². The van der Waals surface area contributed by atoms with E-state index in [4.69, 9.17) is 9.72 Å². The van der Waals surface area contributed by atoms with Gasteiger partial charge in [-0.15, -0.1) is 4.72 Å². The Morgan fingerprint density at radius 2 is 2.03 bits per heavy atom. The maximum Gasteiger partial charge on any atom is 0.157 e. The monoisotopic (exact) mass is 541 g/mol. The van der Waals surface area contributed by atoms with Gasteiger partial charge in [-0.05, 0) is 75.3 Å². The first-order valence-electron chi connectivity index (χ1n) is 10.5. The number of halogens is 1. The smallest absolute Gasteiger partial charge is 0.157 e. The van der Waals surface area contributed by atoms with Crippen LogP contribution >= 0.6 is 22.6 Å². The molecule has 0 bridgehead atoms. The number of nitrogens with zero attached hydrogens (tertiary/aromatic N) is 4. The van der Waals surface area contributed by atoms with Crippen LogP contribution in [0.25, 0.3) is 16.8 Å². The maximum atomic E-state index is 12.8. The van der Waals surface area contributed by atoms with Crippen LogP contribution in [0.3, 0.4) is 0 Å². The molecule has 2 saturated heterocycles. The van der Waals surface area contributed by atoms with Gasteiger partial charge in [0, 0.05) is 29.9 Å². The topological polar surface area (TPSA) is 77.8 Å². The number of ether oxygens (including phenoxy) is 1. The number of imidazole rings is 2. The first-order valence-corrected chi connectivity index (χ1v) is 12.7.